The van der Waals surface area contributed by atoms with Crippen LogP contribution in [0, 0.1) is 17.2 Å². The number of furan rings is 1. The highest BCUT2D eigenvalue weighted by Crippen LogP contribution is 2.18. The summed E-state index contributed by atoms with van der Waals surface area (Å²) in [6.07, 6.45) is 2.43. The molecule has 0 fully saturated rings. The molecule has 0 aliphatic carbocycles. The van der Waals surface area contributed by atoms with E-state index in [2.05, 4.69) is 10.0 Å². The maximum atomic E-state index is 12.5. The summed E-state index contributed by atoms with van der Waals surface area (Å²) >= 11 is 0. The highest BCUT2D eigenvalue weighted by molar-refractivity contribution is 7.89. The van der Waals surface area contributed by atoms with E-state index >= 15 is 0 Å². The smallest absolute Gasteiger partial charge is 0.241 e. The first-order chi connectivity index (χ1) is 14.5. The Morgan fingerprint density at radius 3 is 2.57 bits per heavy atom. The summed E-state index contributed by atoms with van der Waals surface area (Å²) in [6.45, 7) is 0.0158. The molecule has 0 aliphatic heterocycles. The SMILES string of the molecule is N#CC(CCc1ccccc1)C(=O)Nc1cccc(S(=O)(=O)NCc2ccco2)c1. The Morgan fingerprint density at radius 1 is 1.07 bits per heavy atom. The first-order valence-electron chi connectivity index (χ1n) is 9.34. The predicted molar refractivity (Wildman–Crippen MR) is 112 cm³/mol. The molecule has 1 heterocycles. The fraction of sp³-hybridized carbons (Fsp3) is 0.182. The lowest BCUT2D eigenvalue weighted by atomic mass is 10.00. The molecule has 30 heavy (non-hydrogen) atoms. The summed E-state index contributed by atoms with van der Waals surface area (Å²) < 4.78 is 32.6. The summed E-state index contributed by atoms with van der Waals surface area (Å²) in [4.78, 5) is 12.5. The van der Waals surface area contributed by atoms with E-state index in [1.807, 2.05) is 36.4 Å². The van der Waals surface area contributed by atoms with Crippen LogP contribution in [-0.4, -0.2) is 14.3 Å². The third-order valence-corrected chi connectivity index (χ3v) is 5.86. The van der Waals surface area contributed by atoms with Crippen LogP contribution in [0.25, 0.3) is 0 Å². The molecule has 3 aromatic rings. The molecule has 0 bridgehead atoms. The van der Waals surface area contributed by atoms with Crippen molar-refractivity contribution in [3.8, 4) is 6.07 Å². The van der Waals surface area contributed by atoms with E-state index in [-0.39, 0.29) is 11.4 Å². The molecular formula is C22H21N3O4S. The Bertz CT molecular complexity index is 1120. The van der Waals surface area contributed by atoms with Crippen molar-refractivity contribution in [2.75, 3.05) is 5.32 Å². The number of hydrogen-bond acceptors (Lipinski definition) is 5. The zero-order valence-corrected chi connectivity index (χ0v) is 16.9. The number of aryl methyl sites for hydroxylation is 1. The Hall–Kier alpha value is -3.41. The highest BCUT2D eigenvalue weighted by atomic mass is 32.2. The minimum absolute atomic E-state index is 0.00430. The van der Waals surface area contributed by atoms with Crippen LogP contribution in [0.5, 0.6) is 0 Å². The molecule has 0 saturated carbocycles. The predicted octanol–water partition coefficient (Wildman–Crippen LogP) is 3.47. The number of nitrogens with one attached hydrogen (secondary N) is 2. The van der Waals surface area contributed by atoms with Gasteiger partial charge in [0.25, 0.3) is 0 Å². The van der Waals surface area contributed by atoms with Crippen molar-refractivity contribution in [2.24, 2.45) is 5.92 Å². The van der Waals surface area contributed by atoms with Gasteiger partial charge in [0.15, 0.2) is 0 Å². The monoisotopic (exact) mass is 423 g/mol. The molecular weight excluding hydrogens is 402 g/mol. The molecule has 0 spiro atoms. The number of rotatable bonds is 9. The van der Waals surface area contributed by atoms with Crippen LogP contribution in [0.15, 0.2) is 82.3 Å². The second-order valence-corrected chi connectivity index (χ2v) is 8.39. The largest absolute Gasteiger partial charge is 0.468 e. The number of nitriles is 1. The fourth-order valence-electron chi connectivity index (χ4n) is 2.84. The Balaban J connectivity index is 1.63. The van der Waals surface area contributed by atoms with Crippen LogP contribution >= 0.6 is 0 Å². The number of amides is 1. The molecule has 1 amide bonds. The lowest BCUT2D eigenvalue weighted by Gasteiger charge is -2.12. The second kappa shape index (κ2) is 9.87. The molecule has 2 aromatic carbocycles. The molecule has 3 rings (SSSR count). The first-order valence-corrected chi connectivity index (χ1v) is 10.8. The van der Waals surface area contributed by atoms with E-state index in [4.69, 9.17) is 4.42 Å². The van der Waals surface area contributed by atoms with Crippen molar-refractivity contribution in [3.63, 3.8) is 0 Å². The van der Waals surface area contributed by atoms with Gasteiger partial charge in [-0.25, -0.2) is 13.1 Å². The maximum Gasteiger partial charge on any atom is 0.241 e. The number of nitrogens with zero attached hydrogens (tertiary/aromatic N) is 1. The third kappa shape index (κ3) is 5.80. The minimum atomic E-state index is -3.79. The summed E-state index contributed by atoms with van der Waals surface area (Å²) in [5, 5.41) is 12.0. The standard InChI is InChI=1S/C22H21N3O4S/c23-15-18(12-11-17-6-2-1-3-7-17)22(26)25-19-8-4-10-21(14-19)30(27,28)24-16-20-9-5-13-29-20/h1-10,13-14,18,24H,11-12,16H2,(H,25,26). The fourth-order valence-corrected chi connectivity index (χ4v) is 3.88. The van der Waals surface area contributed by atoms with E-state index < -0.39 is 21.8 Å². The minimum Gasteiger partial charge on any atom is -0.468 e. The van der Waals surface area contributed by atoms with Gasteiger partial charge < -0.3 is 9.73 Å². The van der Waals surface area contributed by atoms with Crippen molar-refractivity contribution < 1.29 is 17.6 Å². The summed E-state index contributed by atoms with van der Waals surface area (Å²) in [7, 11) is -3.79. The molecule has 0 saturated heterocycles. The average Bonchev–Trinajstić information content (AvgIpc) is 3.28. The zero-order chi connectivity index (χ0) is 21.4. The number of anilines is 1. The quantitative estimate of drug-likeness (QED) is 0.547. The number of hydrogen-bond donors (Lipinski definition) is 2. The van der Waals surface area contributed by atoms with E-state index in [0.29, 0.717) is 24.3 Å². The van der Waals surface area contributed by atoms with Gasteiger partial charge in [0.1, 0.15) is 11.7 Å². The molecule has 8 heteroatoms. The van der Waals surface area contributed by atoms with Crippen molar-refractivity contribution in [1.82, 2.24) is 4.72 Å². The van der Waals surface area contributed by atoms with Gasteiger partial charge in [-0.05, 0) is 48.7 Å². The number of sulfonamides is 1. The summed E-state index contributed by atoms with van der Waals surface area (Å²) in [5.41, 5.74) is 1.35. The van der Waals surface area contributed by atoms with Gasteiger partial charge >= 0.3 is 0 Å². The van der Waals surface area contributed by atoms with Gasteiger partial charge in [0, 0.05) is 5.69 Å². The summed E-state index contributed by atoms with van der Waals surface area (Å²) in [6, 6.07) is 20.8. The Morgan fingerprint density at radius 2 is 1.87 bits per heavy atom. The average molecular weight is 423 g/mol. The first kappa shape index (κ1) is 21.3. The number of carbonyl (C=O) groups excluding carboxylic acids is 1. The lowest BCUT2D eigenvalue weighted by Crippen LogP contribution is -2.24. The van der Waals surface area contributed by atoms with Gasteiger partial charge in [-0.1, -0.05) is 36.4 Å². The van der Waals surface area contributed by atoms with E-state index in [1.54, 1.807) is 18.2 Å². The molecule has 1 aromatic heterocycles. The van der Waals surface area contributed by atoms with Crippen molar-refractivity contribution in [1.29, 1.82) is 5.26 Å². The lowest BCUT2D eigenvalue weighted by molar-refractivity contribution is -0.118. The van der Waals surface area contributed by atoms with Crippen LogP contribution in [-0.2, 0) is 27.8 Å². The molecule has 2 N–H and O–H groups in total. The zero-order valence-electron chi connectivity index (χ0n) is 16.1. The third-order valence-electron chi connectivity index (χ3n) is 4.47. The molecule has 154 valence electrons. The highest BCUT2D eigenvalue weighted by Gasteiger charge is 2.20. The normalized spacial score (nSPS) is 12.1. The summed E-state index contributed by atoms with van der Waals surface area (Å²) in [5.74, 6) is -0.826. The van der Waals surface area contributed by atoms with Gasteiger partial charge in [-0.3, -0.25) is 4.79 Å². The van der Waals surface area contributed by atoms with Gasteiger partial charge in [0.2, 0.25) is 15.9 Å². The molecule has 0 radical (unpaired) electrons. The van der Waals surface area contributed by atoms with Crippen molar-refractivity contribution in [2.45, 2.75) is 24.3 Å². The maximum absolute atomic E-state index is 12.5. The van der Waals surface area contributed by atoms with Gasteiger partial charge in [-0.2, -0.15) is 5.26 Å². The van der Waals surface area contributed by atoms with Crippen LogP contribution < -0.4 is 10.0 Å². The van der Waals surface area contributed by atoms with Gasteiger partial charge in [-0.15, -0.1) is 0 Å². The Kier molecular flexibility index (Phi) is 7.01. The Labute approximate surface area is 175 Å². The molecule has 1 atom stereocenters. The van der Waals surface area contributed by atoms with Gasteiger partial charge in [0.05, 0.1) is 23.8 Å². The van der Waals surface area contributed by atoms with Crippen LogP contribution in [0.1, 0.15) is 17.7 Å². The topological polar surface area (TPSA) is 112 Å². The molecule has 0 aliphatic rings. The van der Waals surface area contributed by atoms with E-state index in [0.717, 1.165) is 5.56 Å². The molecule has 1 unspecified atom stereocenters. The van der Waals surface area contributed by atoms with Crippen molar-refractivity contribution >= 4 is 21.6 Å². The number of carbonyl (C=O) groups is 1. The van der Waals surface area contributed by atoms with Crippen LogP contribution in [0.2, 0.25) is 0 Å². The van der Waals surface area contributed by atoms with E-state index in [1.165, 1.54) is 24.5 Å². The second-order valence-electron chi connectivity index (χ2n) is 6.63. The van der Waals surface area contributed by atoms with Crippen LogP contribution in [0.3, 0.4) is 0 Å². The van der Waals surface area contributed by atoms with Crippen LogP contribution in [0.4, 0.5) is 5.69 Å². The molecule has 7 nitrogen and oxygen atoms in total. The number of benzene rings is 2. The van der Waals surface area contributed by atoms with E-state index in [9.17, 15) is 18.5 Å². The van der Waals surface area contributed by atoms with Crippen molar-refractivity contribution in [3.05, 3.63) is 84.3 Å².